The summed E-state index contributed by atoms with van der Waals surface area (Å²) in [6.45, 7) is 3.67. The van der Waals surface area contributed by atoms with E-state index in [4.69, 9.17) is 10.8 Å². The molecular formula is C13H18N2O3. The first-order valence-corrected chi connectivity index (χ1v) is 5.81. The molecule has 5 nitrogen and oxygen atoms in total. The number of hydrogen-bond acceptors (Lipinski definition) is 3. The first-order valence-electron chi connectivity index (χ1n) is 5.81. The topological polar surface area (TPSA) is 83.6 Å². The van der Waals surface area contributed by atoms with Crippen molar-refractivity contribution in [1.29, 1.82) is 0 Å². The Bertz CT molecular complexity index is 444. The van der Waals surface area contributed by atoms with E-state index in [1.54, 1.807) is 38.1 Å². The van der Waals surface area contributed by atoms with Gasteiger partial charge in [-0.25, -0.2) is 0 Å². The van der Waals surface area contributed by atoms with Crippen molar-refractivity contribution >= 4 is 23.3 Å². The van der Waals surface area contributed by atoms with E-state index in [1.165, 1.54) is 4.90 Å². The number of carboxylic acids is 1. The normalized spacial score (nSPS) is 10.4. The lowest BCUT2D eigenvalue weighted by atomic mass is 10.1. The van der Waals surface area contributed by atoms with Crippen LogP contribution in [0.4, 0.5) is 11.4 Å². The number of carbonyl (C=O) groups excluding carboxylic acids is 1. The van der Waals surface area contributed by atoms with Gasteiger partial charge in [-0.1, -0.05) is 26.0 Å². The highest BCUT2D eigenvalue weighted by atomic mass is 16.4. The molecule has 98 valence electrons. The molecule has 0 bridgehead atoms. The van der Waals surface area contributed by atoms with Gasteiger partial charge < -0.3 is 15.7 Å². The highest BCUT2D eigenvalue weighted by Crippen LogP contribution is 2.24. The van der Waals surface area contributed by atoms with E-state index in [1.807, 2.05) is 0 Å². The molecule has 18 heavy (non-hydrogen) atoms. The van der Waals surface area contributed by atoms with Gasteiger partial charge in [0.1, 0.15) is 0 Å². The number of nitrogens with two attached hydrogens (primary N) is 1. The molecule has 3 N–H and O–H groups in total. The molecule has 0 saturated heterocycles. The molecule has 1 aromatic carbocycles. The molecule has 5 heteroatoms. The van der Waals surface area contributed by atoms with Crippen LogP contribution in [0.1, 0.15) is 20.3 Å². The van der Waals surface area contributed by atoms with Crippen LogP contribution in [0, 0.1) is 5.92 Å². The number of nitrogen functional groups attached to an aromatic ring is 1. The number of nitrogens with zero attached hydrogens (tertiary/aromatic N) is 1. The number of carboxylic acid groups (broad SMARTS) is 1. The summed E-state index contributed by atoms with van der Waals surface area (Å²) in [5.41, 5.74) is 6.86. The minimum Gasteiger partial charge on any atom is -0.481 e. The van der Waals surface area contributed by atoms with Gasteiger partial charge in [-0.15, -0.1) is 0 Å². The third-order valence-corrected chi connectivity index (χ3v) is 2.54. The number of amides is 1. The van der Waals surface area contributed by atoms with Crippen LogP contribution in [0.5, 0.6) is 0 Å². The highest BCUT2D eigenvalue weighted by molar-refractivity contribution is 5.97. The monoisotopic (exact) mass is 250 g/mol. The molecule has 1 amide bonds. The van der Waals surface area contributed by atoms with Gasteiger partial charge in [-0.2, -0.15) is 0 Å². The summed E-state index contributed by atoms with van der Waals surface area (Å²) in [5, 5.41) is 8.73. The molecular weight excluding hydrogens is 232 g/mol. The Morgan fingerprint density at radius 1 is 1.33 bits per heavy atom. The molecule has 0 aliphatic heterocycles. The van der Waals surface area contributed by atoms with Crippen LogP contribution in [-0.2, 0) is 9.59 Å². The predicted molar refractivity (Wildman–Crippen MR) is 70.3 cm³/mol. The average molecular weight is 250 g/mol. The fourth-order valence-electron chi connectivity index (χ4n) is 1.60. The standard InChI is InChI=1S/C13H18N2O3/c1-9(2)13(18)15(8-7-12(16)17)11-6-4-3-5-10(11)14/h3-6,9H,7-8,14H2,1-2H3,(H,16,17). The fraction of sp³-hybridized carbons (Fsp3) is 0.385. The molecule has 0 aliphatic rings. The number of carbonyl (C=O) groups is 2. The molecule has 0 spiro atoms. The summed E-state index contributed by atoms with van der Waals surface area (Å²) in [6.07, 6.45) is -0.104. The van der Waals surface area contributed by atoms with Crippen LogP contribution < -0.4 is 10.6 Å². The van der Waals surface area contributed by atoms with Gasteiger partial charge in [0.15, 0.2) is 0 Å². The fourth-order valence-corrected chi connectivity index (χ4v) is 1.60. The van der Waals surface area contributed by atoms with Crippen molar-refractivity contribution in [2.24, 2.45) is 5.92 Å². The maximum absolute atomic E-state index is 12.1. The minimum atomic E-state index is -0.939. The second-order valence-corrected chi connectivity index (χ2v) is 4.35. The Morgan fingerprint density at radius 2 is 1.94 bits per heavy atom. The van der Waals surface area contributed by atoms with E-state index in [-0.39, 0.29) is 24.8 Å². The van der Waals surface area contributed by atoms with Crippen molar-refractivity contribution in [3.8, 4) is 0 Å². The van der Waals surface area contributed by atoms with Crippen molar-refractivity contribution in [1.82, 2.24) is 0 Å². The van der Waals surface area contributed by atoms with Gasteiger partial charge in [0.2, 0.25) is 5.91 Å². The number of benzene rings is 1. The second kappa shape index (κ2) is 6.05. The Hall–Kier alpha value is -2.04. The molecule has 0 aliphatic carbocycles. The predicted octanol–water partition coefficient (Wildman–Crippen LogP) is 1.73. The third-order valence-electron chi connectivity index (χ3n) is 2.54. The first-order chi connectivity index (χ1) is 8.43. The van der Waals surface area contributed by atoms with Crippen LogP contribution in [-0.4, -0.2) is 23.5 Å². The Labute approximate surface area is 106 Å². The molecule has 0 fully saturated rings. The summed E-state index contributed by atoms with van der Waals surface area (Å²) >= 11 is 0. The molecule has 0 aromatic heterocycles. The molecule has 0 saturated carbocycles. The van der Waals surface area contributed by atoms with Crippen molar-refractivity contribution in [3.05, 3.63) is 24.3 Å². The molecule has 0 radical (unpaired) electrons. The van der Waals surface area contributed by atoms with E-state index in [2.05, 4.69) is 0 Å². The zero-order valence-electron chi connectivity index (χ0n) is 10.6. The van der Waals surface area contributed by atoms with Crippen LogP contribution in [0.2, 0.25) is 0 Å². The summed E-state index contributed by atoms with van der Waals surface area (Å²) in [4.78, 5) is 24.2. The number of rotatable bonds is 5. The van der Waals surface area contributed by atoms with Crippen LogP contribution >= 0.6 is 0 Å². The van der Waals surface area contributed by atoms with E-state index in [0.717, 1.165) is 0 Å². The highest BCUT2D eigenvalue weighted by Gasteiger charge is 2.21. The van der Waals surface area contributed by atoms with Crippen molar-refractivity contribution in [2.75, 3.05) is 17.2 Å². The minimum absolute atomic E-state index is 0.104. The molecule has 0 atom stereocenters. The van der Waals surface area contributed by atoms with Gasteiger partial charge in [0.25, 0.3) is 0 Å². The maximum Gasteiger partial charge on any atom is 0.305 e. The molecule has 1 aromatic rings. The van der Waals surface area contributed by atoms with Gasteiger partial charge in [0.05, 0.1) is 17.8 Å². The van der Waals surface area contributed by atoms with E-state index in [9.17, 15) is 9.59 Å². The number of anilines is 2. The zero-order valence-corrected chi connectivity index (χ0v) is 10.6. The summed E-state index contributed by atoms with van der Waals surface area (Å²) in [6, 6.07) is 6.95. The Balaban J connectivity index is 3.00. The van der Waals surface area contributed by atoms with Gasteiger partial charge in [-0.3, -0.25) is 9.59 Å². The third kappa shape index (κ3) is 3.48. The zero-order chi connectivity index (χ0) is 13.7. The lowest BCUT2D eigenvalue weighted by molar-refractivity contribution is -0.136. The lowest BCUT2D eigenvalue weighted by Crippen LogP contribution is -2.36. The lowest BCUT2D eigenvalue weighted by Gasteiger charge is -2.25. The molecule has 0 heterocycles. The number of hydrogen-bond donors (Lipinski definition) is 2. The van der Waals surface area contributed by atoms with E-state index < -0.39 is 5.97 Å². The average Bonchev–Trinajstić information content (AvgIpc) is 2.30. The Morgan fingerprint density at radius 3 is 2.44 bits per heavy atom. The summed E-state index contributed by atoms with van der Waals surface area (Å²) in [7, 11) is 0. The largest absolute Gasteiger partial charge is 0.481 e. The van der Waals surface area contributed by atoms with Gasteiger partial charge in [-0.05, 0) is 12.1 Å². The smallest absolute Gasteiger partial charge is 0.305 e. The summed E-state index contributed by atoms with van der Waals surface area (Å²) < 4.78 is 0. The SMILES string of the molecule is CC(C)C(=O)N(CCC(=O)O)c1ccccc1N. The van der Waals surface area contributed by atoms with Gasteiger partial charge in [0, 0.05) is 12.5 Å². The van der Waals surface area contributed by atoms with Crippen LogP contribution in [0.25, 0.3) is 0 Å². The second-order valence-electron chi connectivity index (χ2n) is 4.35. The van der Waals surface area contributed by atoms with Gasteiger partial charge >= 0.3 is 5.97 Å². The quantitative estimate of drug-likeness (QED) is 0.779. The van der Waals surface area contributed by atoms with E-state index in [0.29, 0.717) is 11.4 Å². The maximum atomic E-state index is 12.1. The summed E-state index contributed by atoms with van der Waals surface area (Å²) in [5.74, 6) is -1.28. The van der Waals surface area contributed by atoms with Crippen LogP contribution in [0.15, 0.2) is 24.3 Å². The number of para-hydroxylation sites is 2. The first kappa shape index (κ1) is 14.0. The molecule has 1 rings (SSSR count). The number of aliphatic carboxylic acids is 1. The van der Waals surface area contributed by atoms with Crippen molar-refractivity contribution in [3.63, 3.8) is 0 Å². The van der Waals surface area contributed by atoms with Crippen LogP contribution in [0.3, 0.4) is 0 Å². The van der Waals surface area contributed by atoms with E-state index >= 15 is 0 Å². The van der Waals surface area contributed by atoms with Crippen molar-refractivity contribution < 1.29 is 14.7 Å². The van der Waals surface area contributed by atoms with Crippen molar-refractivity contribution in [2.45, 2.75) is 20.3 Å². The molecule has 0 unspecified atom stereocenters. The Kier molecular flexibility index (Phi) is 4.71.